The Bertz CT molecular complexity index is 530. The lowest BCUT2D eigenvalue weighted by Crippen LogP contribution is -1.84. The normalized spacial score (nSPS) is 8.83. The standard InChI is InChI=1S/C6H8N2S.C5H6N2S.ClH/c1-5-3-7-4-6(8-5)9-2;1-4-2-6-3-5(8)7-4;/h3-4H,1-2H3;2-3H,1H3,(H,7,8);1H. The van der Waals surface area contributed by atoms with E-state index in [0.29, 0.717) is 4.64 Å². The predicted molar refractivity (Wildman–Crippen MR) is 80.0 cm³/mol. The summed E-state index contributed by atoms with van der Waals surface area (Å²) in [6, 6.07) is 0. The first-order valence-electron chi connectivity index (χ1n) is 4.95. The van der Waals surface area contributed by atoms with Crippen molar-refractivity contribution >= 4 is 36.4 Å². The van der Waals surface area contributed by atoms with E-state index >= 15 is 0 Å². The monoisotopic (exact) mass is 302 g/mol. The predicted octanol–water partition coefficient (Wildman–Crippen LogP) is 3.38. The molecule has 0 bridgehead atoms. The van der Waals surface area contributed by atoms with Crippen LogP contribution in [0.4, 0.5) is 0 Å². The summed E-state index contributed by atoms with van der Waals surface area (Å²) < 4.78 is 0.685. The van der Waals surface area contributed by atoms with Crippen molar-refractivity contribution in [3.63, 3.8) is 0 Å². The fraction of sp³-hybridized carbons (Fsp3) is 0.273. The highest BCUT2D eigenvalue weighted by Gasteiger charge is 1.89. The van der Waals surface area contributed by atoms with Crippen molar-refractivity contribution in [2.45, 2.75) is 18.9 Å². The second kappa shape index (κ2) is 9.02. The fourth-order valence-electron chi connectivity index (χ4n) is 1.01. The fourth-order valence-corrected chi connectivity index (χ4v) is 1.64. The van der Waals surface area contributed by atoms with Gasteiger partial charge in [0.05, 0.1) is 18.1 Å². The average molecular weight is 303 g/mol. The second-order valence-electron chi connectivity index (χ2n) is 3.28. The molecule has 0 fully saturated rings. The van der Waals surface area contributed by atoms with Crippen molar-refractivity contribution in [3.05, 3.63) is 40.8 Å². The molecular weight excluding hydrogens is 288 g/mol. The van der Waals surface area contributed by atoms with Crippen LogP contribution < -0.4 is 0 Å². The third-order valence-corrected chi connectivity index (χ3v) is 2.54. The number of aromatic amines is 1. The molecule has 2 rings (SSSR count). The van der Waals surface area contributed by atoms with E-state index < -0.39 is 0 Å². The zero-order chi connectivity index (χ0) is 12.7. The molecule has 0 radical (unpaired) electrons. The highest BCUT2D eigenvalue weighted by atomic mass is 35.5. The molecule has 0 aromatic carbocycles. The van der Waals surface area contributed by atoms with Crippen molar-refractivity contribution in [2.24, 2.45) is 0 Å². The van der Waals surface area contributed by atoms with Gasteiger partial charge in [-0.15, -0.1) is 24.2 Å². The Morgan fingerprint density at radius 3 is 2.17 bits per heavy atom. The summed E-state index contributed by atoms with van der Waals surface area (Å²) in [5.74, 6) is 0. The SMILES string of the molecule is CSc1cncc(C)n1.Cc1cncc(=S)[nH]1.Cl. The topological polar surface area (TPSA) is 54.5 Å². The number of nitrogens with zero attached hydrogens (tertiary/aromatic N) is 3. The number of thioether (sulfide) groups is 1. The summed E-state index contributed by atoms with van der Waals surface area (Å²) in [7, 11) is 0. The molecule has 1 N–H and O–H groups in total. The molecule has 0 saturated heterocycles. The van der Waals surface area contributed by atoms with Crippen molar-refractivity contribution in [2.75, 3.05) is 6.26 Å². The number of halogens is 1. The Labute approximate surface area is 122 Å². The number of hydrogen-bond acceptors (Lipinski definition) is 5. The molecule has 7 heteroatoms. The van der Waals surface area contributed by atoms with Gasteiger partial charge in [0.15, 0.2) is 0 Å². The molecule has 2 aromatic heterocycles. The first kappa shape index (κ1) is 17.0. The lowest BCUT2D eigenvalue weighted by molar-refractivity contribution is 1.00. The van der Waals surface area contributed by atoms with Crippen LogP contribution in [0.3, 0.4) is 0 Å². The van der Waals surface area contributed by atoms with Crippen LogP contribution in [0.5, 0.6) is 0 Å². The number of aromatic nitrogens is 4. The minimum Gasteiger partial charge on any atom is -0.348 e. The summed E-state index contributed by atoms with van der Waals surface area (Å²) in [6.07, 6.45) is 8.85. The van der Waals surface area contributed by atoms with Crippen molar-refractivity contribution in [3.8, 4) is 0 Å². The quantitative estimate of drug-likeness (QED) is 0.646. The maximum absolute atomic E-state index is 4.78. The maximum Gasteiger partial charge on any atom is 0.121 e. The zero-order valence-corrected chi connectivity index (χ0v) is 12.8. The number of H-pyrrole nitrogens is 1. The van der Waals surface area contributed by atoms with E-state index in [1.807, 2.05) is 20.1 Å². The molecule has 0 aliphatic heterocycles. The van der Waals surface area contributed by atoms with E-state index in [0.717, 1.165) is 16.4 Å². The van der Waals surface area contributed by atoms with Gasteiger partial charge in [0.2, 0.25) is 0 Å². The van der Waals surface area contributed by atoms with Crippen LogP contribution in [-0.2, 0) is 0 Å². The molecule has 18 heavy (non-hydrogen) atoms. The molecule has 4 nitrogen and oxygen atoms in total. The van der Waals surface area contributed by atoms with Crippen LogP contribution in [0.1, 0.15) is 11.4 Å². The van der Waals surface area contributed by atoms with Crippen LogP contribution in [0.25, 0.3) is 0 Å². The van der Waals surface area contributed by atoms with E-state index in [9.17, 15) is 0 Å². The summed E-state index contributed by atoms with van der Waals surface area (Å²) >= 11 is 6.39. The van der Waals surface area contributed by atoms with Crippen LogP contribution >= 0.6 is 36.4 Å². The Balaban J connectivity index is 0.000000306. The van der Waals surface area contributed by atoms with E-state index in [-0.39, 0.29) is 12.4 Å². The Kier molecular flexibility index (Phi) is 8.53. The summed E-state index contributed by atoms with van der Waals surface area (Å²) in [4.78, 5) is 14.9. The first-order valence-corrected chi connectivity index (χ1v) is 6.58. The highest BCUT2D eigenvalue weighted by Crippen LogP contribution is 2.08. The van der Waals surface area contributed by atoms with Crippen molar-refractivity contribution < 1.29 is 0 Å². The first-order chi connectivity index (χ1) is 8.11. The second-order valence-corrected chi connectivity index (χ2v) is 4.55. The van der Waals surface area contributed by atoms with Gasteiger partial charge >= 0.3 is 0 Å². The largest absolute Gasteiger partial charge is 0.348 e. The Morgan fingerprint density at radius 1 is 1.11 bits per heavy atom. The third-order valence-electron chi connectivity index (χ3n) is 1.72. The Morgan fingerprint density at radius 2 is 1.78 bits per heavy atom. The number of aryl methyl sites for hydroxylation is 2. The molecule has 0 atom stereocenters. The number of hydrogen-bond donors (Lipinski definition) is 1. The molecular formula is C11H15ClN4S2. The van der Waals surface area contributed by atoms with Gasteiger partial charge in [-0.2, -0.15) is 0 Å². The average Bonchev–Trinajstić information content (AvgIpc) is 2.29. The minimum atomic E-state index is 0. The van der Waals surface area contributed by atoms with Crippen molar-refractivity contribution in [1.82, 2.24) is 19.9 Å². The zero-order valence-electron chi connectivity index (χ0n) is 10.4. The van der Waals surface area contributed by atoms with Gasteiger partial charge in [-0.25, -0.2) is 4.98 Å². The molecule has 0 amide bonds. The third kappa shape index (κ3) is 6.68. The molecule has 0 unspecified atom stereocenters. The minimum absolute atomic E-state index is 0. The number of rotatable bonds is 1. The maximum atomic E-state index is 4.78. The molecule has 98 valence electrons. The van der Waals surface area contributed by atoms with E-state index in [1.165, 1.54) is 0 Å². The van der Waals surface area contributed by atoms with E-state index in [1.54, 1.807) is 36.5 Å². The van der Waals surface area contributed by atoms with Crippen LogP contribution in [0.2, 0.25) is 0 Å². The van der Waals surface area contributed by atoms with Gasteiger partial charge in [0.25, 0.3) is 0 Å². The summed E-state index contributed by atoms with van der Waals surface area (Å²) in [5.41, 5.74) is 1.97. The molecule has 2 aromatic rings. The van der Waals surface area contributed by atoms with Gasteiger partial charge in [0.1, 0.15) is 9.67 Å². The molecule has 2 heterocycles. The lowest BCUT2D eigenvalue weighted by Gasteiger charge is -1.93. The van der Waals surface area contributed by atoms with Gasteiger partial charge in [-0.1, -0.05) is 12.2 Å². The van der Waals surface area contributed by atoms with Gasteiger partial charge in [0, 0.05) is 18.1 Å². The molecule has 0 spiro atoms. The van der Waals surface area contributed by atoms with E-state index in [4.69, 9.17) is 12.2 Å². The van der Waals surface area contributed by atoms with Crippen LogP contribution in [0.15, 0.2) is 29.8 Å². The summed E-state index contributed by atoms with van der Waals surface area (Å²) in [5, 5.41) is 0.981. The van der Waals surface area contributed by atoms with Crippen LogP contribution in [-0.4, -0.2) is 26.2 Å². The van der Waals surface area contributed by atoms with Gasteiger partial charge in [-0.3, -0.25) is 9.97 Å². The Hall–Kier alpha value is -0.980. The molecule has 0 aliphatic rings. The molecule has 0 aliphatic carbocycles. The lowest BCUT2D eigenvalue weighted by atomic mass is 10.5. The van der Waals surface area contributed by atoms with Crippen LogP contribution in [0, 0.1) is 18.5 Å². The number of nitrogens with one attached hydrogen (secondary N) is 1. The molecule has 0 saturated carbocycles. The smallest absolute Gasteiger partial charge is 0.121 e. The highest BCUT2D eigenvalue weighted by molar-refractivity contribution is 7.98. The van der Waals surface area contributed by atoms with Gasteiger partial charge < -0.3 is 4.98 Å². The van der Waals surface area contributed by atoms with Gasteiger partial charge in [-0.05, 0) is 20.1 Å². The van der Waals surface area contributed by atoms with Crippen molar-refractivity contribution in [1.29, 1.82) is 0 Å². The van der Waals surface area contributed by atoms with E-state index in [2.05, 4.69) is 19.9 Å². The summed E-state index contributed by atoms with van der Waals surface area (Å²) in [6.45, 7) is 3.86.